The summed E-state index contributed by atoms with van der Waals surface area (Å²) in [5.74, 6) is -1.06. The third-order valence-corrected chi connectivity index (χ3v) is 3.22. The summed E-state index contributed by atoms with van der Waals surface area (Å²) in [5, 5.41) is 0. The van der Waals surface area contributed by atoms with Gasteiger partial charge in [-0.1, -0.05) is 6.58 Å². The van der Waals surface area contributed by atoms with E-state index in [1.807, 2.05) is 0 Å². The number of methoxy groups -OCH3 is 2. The zero-order chi connectivity index (χ0) is 14.6. The van der Waals surface area contributed by atoms with Crippen molar-refractivity contribution in [3.63, 3.8) is 0 Å². The quantitative estimate of drug-likeness (QED) is 0.250. The average molecular weight is 268 g/mol. The van der Waals surface area contributed by atoms with E-state index in [9.17, 15) is 14.4 Å². The van der Waals surface area contributed by atoms with Crippen molar-refractivity contribution in [2.24, 2.45) is 5.41 Å². The highest BCUT2D eigenvalue weighted by Gasteiger charge is 2.54. The Balaban J connectivity index is 3.23. The molecule has 1 aliphatic rings. The normalized spacial score (nSPS) is 19.6. The summed E-state index contributed by atoms with van der Waals surface area (Å²) in [4.78, 5) is 34.2. The molecule has 0 heterocycles. The first-order valence-corrected chi connectivity index (χ1v) is 5.58. The summed E-state index contributed by atoms with van der Waals surface area (Å²) in [6.45, 7) is 5.65. The molecule has 0 bridgehead atoms. The minimum absolute atomic E-state index is 0.0465. The van der Waals surface area contributed by atoms with Gasteiger partial charge < -0.3 is 14.2 Å². The van der Waals surface area contributed by atoms with Gasteiger partial charge in [0, 0.05) is 6.42 Å². The van der Waals surface area contributed by atoms with Gasteiger partial charge in [-0.25, -0.2) is 0 Å². The Kier molecular flexibility index (Phi) is 4.47. The van der Waals surface area contributed by atoms with E-state index in [1.54, 1.807) is 6.92 Å². The Morgan fingerprint density at radius 2 is 1.74 bits per heavy atom. The maximum atomic E-state index is 11.9. The topological polar surface area (TPSA) is 78.9 Å². The van der Waals surface area contributed by atoms with Crippen LogP contribution in [0.3, 0.4) is 0 Å². The Labute approximate surface area is 111 Å². The van der Waals surface area contributed by atoms with Gasteiger partial charge >= 0.3 is 11.9 Å². The first-order chi connectivity index (χ1) is 8.92. The van der Waals surface area contributed by atoms with Crippen molar-refractivity contribution in [2.75, 3.05) is 14.2 Å². The molecular weight excluding hydrogens is 252 g/mol. The molecule has 0 unspecified atom stereocenters. The molecule has 0 radical (unpaired) electrons. The molecule has 0 aliphatic heterocycles. The van der Waals surface area contributed by atoms with Crippen molar-refractivity contribution in [2.45, 2.75) is 19.8 Å². The average Bonchev–Trinajstić information content (AvgIpc) is 2.76. The van der Waals surface area contributed by atoms with Gasteiger partial charge in [-0.05, 0) is 24.5 Å². The van der Waals surface area contributed by atoms with Crippen LogP contribution in [-0.2, 0) is 28.6 Å². The van der Waals surface area contributed by atoms with Crippen LogP contribution < -0.4 is 0 Å². The number of allylic oxidation sites excluding steroid dienone is 3. The van der Waals surface area contributed by atoms with Gasteiger partial charge in [0.15, 0.2) is 5.41 Å². The largest absolute Gasteiger partial charge is 0.468 e. The van der Waals surface area contributed by atoms with Crippen LogP contribution in [-0.4, -0.2) is 32.6 Å². The monoisotopic (exact) mass is 268 g/mol. The maximum absolute atomic E-state index is 11.9. The molecule has 0 N–H and O–H groups in total. The maximum Gasteiger partial charge on any atom is 0.323 e. The molecule has 19 heavy (non-hydrogen) atoms. The van der Waals surface area contributed by atoms with Crippen molar-refractivity contribution in [1.82, 2.24) is 0 Å². The molecule has 0 aromatic carbocycles. The predicted octanol–water partition coefficient (Wildman–Crippen LogP) is 1.12. The number of esters is 2. The molecule has 0 atom stereocenters. The van der Waals surface area contributed by atoms with E-state index < -0.39 is 17.4 Å². The molecule has 0 aromatic rings. The number of rotatable bonds is 4. The van der Waals surface area contributed by atoms with Gasteiger partial charge in [0.05, 0.1) is 14.2 Å². The molecule has 0 saturated heterocycles. The van der Waals surface area contributed by atoms with E-state index in [0.717, 1.165) is 0 Å². The minimum Gasteiger partial charge on any atom is -0.468 e. The minimum atomic E-state index is -1.44. The van der Waals surface area contributed by atoms with Crippen LogP contribution in [0.25, 0.3) is 0 Å². The lowest BCUT2D eigenvalue weighted by Crippen LogP contribution is -2.38. The second-order valence-electron chi connectivity index (χ2n) is 4.27. The molecular formula is C13H16O6. The van der Waals surface area contributed by atoms with Crippen LogP contribution in [0.4, 0.5) is 0 Å². The van der Waals surface area contributed by atoms with Crippen LogP contribution in [0, 0.1) is 5.41 Å². The van der Waals surface area contributed by atoms with E-state index in [1.165, 1.54) is 14.2 Å². The molecule has 1 rings (SSSR count). The fourth-order valence-corrected chi connectivity index (χ4v) is 2.24. The van der Waals surface area contributed by atoms with Crippen LogP contribution in [0.2, 0.25) is 0 Å². The summed E-state index contributed by atoms with van der Waals surface area (Å²) in [6.07, 6.45) is 0.131. The summed E-state index contributed by atoms with van der Waals surface area (Å²) in [6, 6.07) is 0. The van der Waals surface area contributed by atoms with Gasteiger partial charge in [0.2, 0.25) is 0 Å². The molecule has 1 aliphatic carbocycles. The molecule has 1 saturated carbocycles. The van der Waals surface area contributed by atoms with Crippen LogP contribution in [0.1, 0.15) is 19.8 Å². The second-order valence-corrected chi connectivity index (χ2v) is 4.27. The lowest BCUT2D eigenvalue weighted by atomic mass is 9.85. The summed E-state index contributed by atoms with van der Waals surface area (Å²) in [7, 11) is 2.40. The number of hydrogen-bond donors (Lipinski definition) is 0. The third kappa shape index (κ3) is 2.52. The first-order valence-electron chi connectivity index (χ1n) is 5.58. The summed E-state index contributed by atoms with van der Waals surface area (Å²) < 4.78 is 14.1. The lowest BCUT2D eigenvalue weighted by molar-refractivity contribution is -0.168. The molecule has 1 fully saturated rings. The third-order valence-electron chi connectivity index (χ3n) is 3.22. The lowest BCUT2D eigenvalue weighted by Gasteiger charge is -2.21. The molecule has 0 amide bonds. The smallest absolute Gasteiger partial charge is 0.323 e. The zero-order valence-electron chi connectivity index (χ0n) is 11.1. The van der Waals surface area contributed by atoms with E-state index >= 15 is 0 Å². The number of carbonyl (C=O) groups is 3. The highest BCUT2D eigenvalue weighted by Crippen LogP contribution is 2.47. The highest BCUT2D eigenvalue weighted by molar-refractivity contribution is 6.02. The second kappa shape index (κ2) is 5.69. The Hall–Kier alpha value is -2.11. The van der Waals surface area contributed by atoms with Gasteiger partial charge in [0.1, 0.15) is 5.76 Å². The number of ether oxygens (including phenoxy) is 3. The fourth-order valence-electron chi connectivity index (χ4n) is 2.24. The van der Waals surface area contributed by atoms with Crippen LogP contribution in [0.5, 0.6) is 0 Å². The molecule has 6 heteroatoms. The Morgan fingerprint density at radius 1 is 1.21 bits per heavy atom. The van der Waals surface area contributed by atoms with Crippen molar-refractivity contribution in [3.8, 4) is 0 Å². The molecule has 104 valence electrons. The van der Waals surface area contributed by atoms with Crippen molar-refractivity contribution in [1.29, 1.82) is 0 Å². The van der Waals surface area contributed by atoms with Gasteiger partial charge in [-0.2, -0.15) is 0 Å². The van der Waals surface area contributed by atoms with E-state index in [0.29, 0.717) is 16.9 Å². The van der Waals surface area contributed by atoms with Gasteiger partial charge in [-0.15, -0.1) is 0 Å². The number of hydrogen-bond acceptors (Lipinski definition) is 6. The van der Waals surface area contributed by atoms with Crippen molar-refractivity contribution < 1.29 is 28.6 Å². The zero-order valence-corrected chi connectivity index (χ0v) is 11.1. The van der Waals surface area contributed by atoms with Gasteiger partial charge in [-0.3, -0.25) is 14.4 Å². The SMILES string of the molecule is C=C1CC(C(=O)OC)(C(=O)OC)C/C1=C(/C)OC=O. The highest BCUT2D eigenvalue weighted by atomic mass is 16.5. The van der Waals surface area contributed by atoms with Crippen molar-refractivity contribution in [3.05, 3.63) is 23.5 Å². The Morgan fingerprint density at radius 3 is 2.16 bits per heavy atom. The van der Waals surface area contributed by atoms with Gasteiger partial charge in [0.25, 0.3) is 6.47 Å². The van der Waals surface area contributed by atoms with E-state index in [-0.39, 0.29) is 19.3 Å². The van der Waals surface area contributed by atoms with Crippen molar-refractivity contribution >= 4 is 18.4 Å². The van der Waals surface area contributed by atoms with Crippen LogP contribution >= 0.6 is 0 Å². The summed E-state index contributed by atoms with van der Waals surface area (Å²) in [5.41, 5.74) is -0.332. The predicted molar refractivity (Wildman–Crippen MR) is 64.7 cm³/mol. The van der Waals surface area contributed by atoms with Crippen LogP contribution in [0.15, 0.2) is 23.5 Å². The first kappa shape index (κ1) is 14.9. The Bertz CT molecular complexity index is 444. The standard InChI is InChI=1S/C13H16O6/c1-8-5-13(11(15)17-3,12(16)18-4)6-10(8)9(2)19-7-14/h7H,1,5-6H2,2-4H3/b10-9+. The summed E-state index contributed by atoms with van der Waals surface area (Å²) >= 11 is 0. The van der Waals surface area contributed by atoms with E-state index in [2.05, 4.69) is 16.1 Å². The molecule has 0 aromatic heterocycles. The molecule has 6 nitrogen and oxygen atoms in total. The fraction of sp³-hybridized carbons (Fsp3) is 0.462. The van der Waals surface area contributed by atoms with E-state index in [4.69, 9.17) is 4.74 Å². The number of carbonyl (C=O) groups excluding carboxylic acids is 3. The molecule has 0 spiro atoms.